The highest BCUT2D eigenvalue weighted by atomic mass is 35.5. The summed E-state index contributed by atoms with van der Waals surface area (Å²) in [6, 6.07) is 20.4. The first-order chi connectivity index (χ1) is 9.26. The molecule has 1 nitrogen and oxygen atoms in total. The Kier molecular flexibility index (Phi) is 3.14. The van der Waals surface area contributed by atoms with E-state index in [1.165, 1.54) is 16.3 Å². The molecule has 0 aromatic heterocycles. The molecule has 19 heavy (non-hydrogen) atoms. The van der Waals surface area contributed by atoms with E-state index in [0.29, 0.717) is 0 Å². The molecule has 0 unspecified atom stereocenters. The molecule has 0 radical (unpaired) electrons. The molecule has 0 aliphatic carbocycles. The molecule has 0 aliphatic heterocycles. The zero-order valence-electron chi connectivity index (χ0n) is 10.6. The van der Waals surface area contributed by atoms with Crippen LogP contribution in [0.25, 0.3) is 21.9 Å². The van der Waals surface area contributed by atoms with Crippen LogP contribution in [0.3, 0.4) is 0 Å². The molecule has 0 saturated heterocycles. The molecule has 3 rings (SSSR count). The molecule has 2 heteroatoms. The first-order valence-corrected chi connectivity index (χ1v) is 6.48. The molecule has 0 N–H and O–H groups in total. The van der Waals surface area contributed by atoms with Crippen molar-refractivity contribution in [1.82, 2.24) is 0 Å². The number of hydrogen-bond acceptors (Lipinski definition) is 1. The molecule has 0 saturated carbocycles. The van der Waals surface area contributed by atoms with Crippen LogP contribution in [-0.2, 0) is 0 Å². The van der Waals surface area contributed by atoms with E-state index in [4.69, 9.17) is 16.3 Å². The second-order valence-electron chi connectivity index (χ2n) is 4.44. The molecule has 3 aromatic carbocycles. The van der Waals surface area contributed by atoms with Crippen LogP contribution < -0.4 is 4.74 Å². The van der Waals surface area contributed by atoms with Gasteiger partial charge in [0.25, 0.3) is 0 Å². The number of benzene rings is 3. The van der Waals surface area contributed by atoms with Gasteiger partial charge in [0.05, 0.1) is 7.11 Å². The number of hydrogen-bond donors (Lipinski definition) is 0. The Morgan fingerprint density at radius 2 is 1.53 bits per heavy atom. The van der Waals surface area contributed by atoms with Crippen LogP contribution in [0.15, 0.2) is 60.7 Å². The van der Waals surface area contributed by atoms with Crippen molar-refractivity contribution in [3.63, 3.8) is 0 Å². The van der Waals surface area contributed by atoms with Gasteiger partial charge < -0.3 is 4.74 Å². The van der Waals surface area contributed by atoms with Crippen molar-refractivity contribution in [3.8, 4) is 16.9 Å². The molecule has 0 aliphatic rings. The fraction of sp³-hybridized carbons (Fsp3) is 0.0588. The van der Waals surface area contributed by atoms with Gasteiger partial charge in [0, 0.05) is 5.02 Å². The van der Waals surface area contributed by atoms with Crippen LogP contribution in [0.5, 0.6) is 5.75 Å². The quantitative estimate of drug-likeness (QED) is 0.623. The molecule has 0 spiro atoms. The Bertz CT molecular complexity index is 734. The fourth-order valence-electron chi connectivity index (χ4n) is 2.20. The standard InChI is InChI=1S/C17H13ClO/c1-19-17-8-7-14-9-13(5-6-15(14)11-17)12-3-2-4-16(18)10-12/h2-11H,1H3. The van der Waals surface area contributed by atoms with Gasteiger partial charge in [-0.1, -0.05) is 41.9 Å². The Labute approximate surface area is 117 Å². The van der Waals surface area contributed by atoms with Crippen LogP contribution in [-0.4, -0.2) is 7.11 Å². The van der Waals surface area contributed by atoms with Crippen molar-refractivity contribution in [2.45, 2.75) is 0 Å². The highest BCUT2D eigenvalue weighted by Crippen LogP contribution is 2.28. The lowest BCUT2D eigenvalue weighted by Crippen LogP contribution is -1.83. The Morgan fingerprint density at radius 1 is 0.789 bits per heavy atom. The summed E-state index contributed by atoms with van der Waals surface area (Å²) in [5.41, 5.74) is 2.30. The second kappa shape index (κ2) is 4.94. The monoisotopic (exact) mass is 268 g/mol. The zero-order valence-corrected chi connectivity index (χ0v) is 11.3. The summed E-state index contributed by atoms with van der Waals surface area (Å²) in [6.45, 7) is 0. The first-order valence-electron chi connectivity index (χ1n) is 6.10. The number of fused-ring (bicyclic) bond motifs is 1. The predicted octanol–water partition coefficient (Wildman–Crippen LogP) is 5.17. The van der Waals surface area contributed by atoms with Crippen molar-refractivity contribution in [2.75, 3.05) is 7.11 Å². The number of ether oxygens (including phenoxy) is 1. The molecular weight excluding hydrogens is 256 g/mol. The number of halogens is 1. The van der Waals surface area contributed by atoms with Gasteiger partial charge in [-0.05, 0) is 52.2 Å². The third kappa shape index (κ3) is 2.42. The maximum absolute atomic E-state index is 6.04. The summed E-state index contributed by atoms with van der Waals surface area (Å²) in [5.74, 6) is 0.878. The molecule has 0 heterocycles. The van der Waals surface area contributed by atoms with Crippen molar-refractivity contribution in [2.24, 2.45) is 0 Å². The van der Waals surface area contributed by atoms with Gasteiger partial charge in [-0.15, -0.1) is 0 Å². The van der Waals surface area contributed by atoms with Crippen LogP contribution in [0.2, 0.25) is 5.02 Å². The van der Waals surface area contributed by atoms with Crippen molar-refractivity contribution >= 4 is 22.4 Å². The van der Waals surface area contributed by atoms with Gasteiger partial charge in [-0.2, -0.15) is 0 Å². The van der Waals surface area contributed by atoms with E-state index in [-0.39, 0.29) is 0 Å². The molecule has 0 amide bonds. The minimum Gasteiger partial charge on any atom is -0.497 e. The minimum absolute atomic E-state index is 0.757. The molecule has 0 atom stereocenters. The third-order valence-electron chi connectivity index (χ3n) is 3.21. The van der Waals surface area contributed by atoms with Gasteiger partial charge in [0.15, 0.2) is 0 Å². The highest BCUT2D eigenvalue weighted by molar-refractivity contribution is 6.30. The predicted molar refractivity (Wildman–Crippen MR) is 80.9 cm³/mol. The van der Waals surface area contributed by atoms with Crippen LogP contribution in [0.1, 0.15) is 0 Å². The lowest BCUT2D eigenvalue weighted by molar-refractivity contribution is 0.415. The maximum Gasteiger partial charge on any atom is 0.119 e. The van der Waals surface area contributed by atoms with Crippen LogP contribution >= 0.6 is 11.6 Å². The van der Waals surface area contributed by atoms with E-state index in [1.54, 1.807) is 7.11 Å². The first kappa shape index (κ1) is 12.1. The van der Waals surface area contributed by atoms with E-state index < -0.39 is 0 Å². The van der Waals surface area contributed by atoms with Gasteiger partial charge in [0.2, 0.25) is 0 Å². The largest absolute Gasteiger partial charge is 0.497 e. The van der Waals surface area contributed by atoms with E-state index in [1.807, 2.05) is 30.3 Å². The number of methoxy groups -OCH3 is 1. The third-order valence-corrected chi connectivity index (χ3v) is 3.44. The van der Waals surface area contributed by atoms with Crippen LogP contribution in [0.4, 0.5) is 0 Å². The lowest BCUT2D eigenvalue weighted by Gasteiger charge is -2.06. The molecule has 0 bridgehead atoms. The second-order valence-corrected chi connectivity index (χ2v) is 4.87. The van der Waals surface area contributed by atoms with E-state index in [9.17, 15) is 0 Å². The Morgan fingerprint density at radius 3 is 2.32 bits per heavy atom. The maximum atomic E-state index is 6.04. The summed E-state index contributed by atoms with van der Waals surface area (Å²) in [7, 11) is 1.68. The smallest absolute Gasteiger partial charge is 0.119 e. The van der Waals surface area contributed by atoms with Gasteiger partial charge in [-0.25, -0.2) is 0 Å². The fourth-order valence-corrected chi connectivity index (χ4v) is 2.39. The summed E-state index contributed by atoms with van der Waals surface area (Å²) in [6.07, 6.45) is 0. The van der Waals surface area contributed by atoms with Crippen molar-refractivity contribution in [1.29, 1.82) is 0 Å². The molecule has 3 aromatic rings. The van der Waals surface area contributed by atoms with Crippen LogP contribution in [0, 0.1) is 0 Å². The van der Waals surface area contributed by atoms with Gasteiger partial charge in [-0.3, -0.25) is 0 Å². The van der Waals surface area contributed by atoms with Gasteiger partial charge in [0.1, 0.15) is 5.75 Å². The summed E-state index contributed by atoms with van der Waals surface area (Å²) >= 11 is 6.04. The van der Waals surface area contributed by atoms with E-state index in [2.05, 4.69) is 30.3 Å². The average Bonchev–Trinajstić information content (AvgIpc) is 2.46. The van der Waals surface area contributed by atoms with E-state index >= 15 is 0 Å². The lowest BCUT2D eigenvalue weighted by atomic mass is 10.0. The SMILES string of the molecule is COc1ccc2cc(-c3cccc(Cl)c3)ccc2c1. The number of rotatable bonds is 2. The van der Waals surface area contributed by atoms with E-state index in [0.717, 1.165) is 16.3 Å². The van der Waals surface area contributed by atoms with Gasteiger partial charge >= 0.3 is 0 Å². The topological polar surface area (TPSA) is 9.23 Å². The summed E-state index contributed by atoms with van der Waals surface area (Å²) in [4.78, 5) is 0. The molecule has 0 fully saturated rings. The average molecular weight is 269 g/mol. The summed E-state index contributed by atoms with van der Waals surface area (Å²) in [5, 5.41) is 3.12. The van der Waals surface area contributed by atoms with Crippen molar-refractivity contribution < 1.29 is 4.74 Å². The molecular formula is C17H13ClO. The summed E-state index contributed by atoms with van der Waals surface area (Å²) < 4.78 is 5.24. The Balaban J connectivity index is 2.11. The molecule has 94 valence electrons. The minimum atomic E-state index is 0.757. The van der Waals surface area contributed by atoms with Crippen molar-refractivity contribution in [3.05, 3.63) is 65.7 Å². The normalized spacial score (nSPS) is 10.6. The highest BCUT2D eigenvalue weighted by Gasteiger charge is 2.01. The Hall–Kier alpha value is -1.99. The zero-order chi connectivity index (χ0) is 13.2.